The summed E-state index contributed by atoms with van der Waals surface area (Å²) in [5.41, 5.74) is 1.82. The molecule has 3 saturated heterocycles. The first kappa shape index (κ1) is 17.7. The first-order valence-electron chi connectivity index (χ1n) is 9.73. The highest BCUT2D eigenvalue weighted by Crippen LogP contribution is 2.29. The number of benzene rings is 1. The Kier molecular flexibility index (Phi) is 5.19. The van der Waals surface area contributed by atoms with Gasteiger partial charge < -0.3 is 9.80 Å². The molecule has 2 amide bonds. The minimum Gasteiger partial charge on any atom is -0.338 e. The van der Waals surface area contributed by atoms with Crippen LogP contribution < -0.4 is 0 Å². The summed E-state index contributed by atoms with van der Waals surface area (Å²) in [7, 11) is 0. The lowest BCUT2D eigenvalue weighted by Gasteiger charge is -2.36. The molecule has 3 aliphatic rings. The quantitative estimate of drug-likeness (QED) is 0.839. The van der Waals surface area contributed by atoms with E-state index in [1.807, 2.05) is 34.1 Å². The summed E-state index contributed by atoms with van der Waals surface area (Å²) in [4.78, 5) is 33.7. The van der Waals surface area contributed by atoms with Crippen molar-refractivity contribution < 1.29 is 9.59 Å². The number of piperidine rings is 1. The van der Waals surface area contributed by atoms with Crippen LogP contribution in [-0.2, 0) is 11.2 Å². The number of aryl methyl sites for hydroxylation is 1. The summed E-state index contributed by atoms with van der Waals surface area (Å²) >= 11 is 0. The number of nitrogens with zero attached hydrogens (tertiary/aromatic N) is 3. The fraction of sp³-hybridized carbons (Fsp3) is 0.409. The molecule has 2 aromatic rings. The van der Waals surface area contributed by atoms with Crippen molar-refractivity contribution in [2.24, 2.45) is 5.92 Å². The van der Waals surface area contributed by atoms with Crippen LogP contribution in [0.3, 0.4) is 0 Å². The molecule has 27 heavy (non-hydrogen) atoms. The van der Waals surface area contributed by atoms with Crippen LogP contribution in [0.4, 0.5) is 0 Å². The highest BCUT2D eigenvalue weighted by Gasteiger charge is 2.38. The lowest BCUT2D eigenvalue weighted by molar-refractivity contribution is -0.135. The number of pyridine rings is 1. The van der Waals surface area contributed by atoms with Crippen molar-refractivity contribution in [3.8, 4) is 0 Å². The molecule has 3 aliphatic heterocycles. The van der Waals surface area contributed by atoms with E-state index in [1.165, 1.54) is 5.56 Å². The number of hydrogen-bond acceptors (Lipinski definition) is 3. The fourth-order valence-corrected chi connectivity index (χ4v) is 4.26. The van der Waals surface area contributed by atoms with E-state index in [0.29, 0.717) is 24.4 Å². The van der Waals surface area contributed by atoms with Gasteiger partial charge in [0.05, 0.1) is 5.56 Å². The van der Waals surface area contributed by atoms with Gasteiger partial charge in [-0.3, -0.25) is 14.6 Å². The van der Waals surface area contributed by atoms with E-state index in [4.69, 9.17) is 0 Å². The predicted molar refractivity (Wildman–Crippen MR) is 103 cm³/mol. The topological polar surface area (TPSA) is 53.5 Å². The molecule has 0 saturated carbocycles. The van der Waals surface area contributed by atoms with Crippen molar-refractivity contribution in [2.45, 2.75) is 31.7 Å². The molecule has 0 radical (unpaired) electrons. The molecule has 5 nitrogen and oxygen atoms in total. The van der Waals surface area contributed by atoms with Crippen LogP contribution in [0.15, 0.2) is 54.9 Å². The third kappa shape index (κ3) is 4.02. The second kappa shape index (κ2) is 7.91. The number of fused-ring (bicyclic) bond motifs is 4. The highest BCUT2D eigenvalue weighted by molar-refractivity contribution is 5.94. The standard InChI is InChI=1S/C22H25N3O2/c26-21(11-9-17-5-2-1-3-6-17)25-15-18-8-10-20(25)16-24(14-18)22(27)19-7-4-12-23-13-19/h1-7,12-13,18,20H,8-11,14-16H2. The zero-order chi connectivity index (χ0) is 18.6. The molecular weight excluding hydrogens is 338 g/mol. The highest BCUT2D eigenvalue weighted by atomic mass is 16.2. The first-order valence-corrected chi connectivity index (χ1v) is 9.73. The average molecular weight is 363 g/mol. The molecule has 0 N–H and O–H groups in total. The Balaban J connectivity index is 1.42. The second-order valence-corrected chi connectivity index (χ2v) is 7.58. The molecular formula is C22H25N3O2. The Morgan fingerprint density at radius 1 is 1.00 bits per heavy atom. The van der Waals surface area contributed by atoms with Gasteiger partial charge in [0.15, 0.2) is 0 Å². The van der Waals surface area contributed by atoms with Crippen LogP contribution in [0.2, 0.25) is 0 Å². The van der Waals surface area contributed by atoms with Crippen molar-refractivity contribution in [1.82, 2.24) is 14.8 Å². The van der Waals surface area contributed by atoms with Crippen LogP contribution in [0.25, 0.3) is 0 Å². The van der Waals surface area contributed by atoms with Crippen LogP contribution in [0, 0.1) is 5.92 Å². The molecule has 5 rings (SSSR count). The van der Waals surface area contributed by atoms with Crippen molar-refractivity contribution >= 4 is 11.8 Å². The van der Waals surface area contributed by atoms with Crippen LogP contribution in [0.5, 0.6) is 0 Å². The molecule has 0 spiro atoms. The van der Waals surface area contributed by atoms with Gasteiger partial charge >= 0.3 is 0 Å². The Morgan fingerprint density at radius 2 is 1.85 bits per heavy atom. The molecule has 2 atom stereocenters. The zero-order valence-corrected chi connectivity index (χ0v) is 15.5. The number of carbonyl (C=O) groups is 2. The van der Waals surface area contributed by atoms with E-state index >= 15 is 0 Å². The van der Waals surface area contributed by atoms with E-state index < -0.39 is 0 Å². The molecule has 2 unspecified atom stereocenters. The Hall–Kier alpha value is -2.69. The molecule has 5 heteroatoms. The summed E-state index contributed by atoms with van der Waals surface area (Å²) in [6.45, 7) is 2.13. The van der Waals surface area contributed by atoms with E-state index in [0.717, 1.165) is 32.4 Å². The van der Waals surface area contributed by atoms with Gasteiger partial charge in [0.1, 0.15) is 0 Å². The second-order valence-electron chi connectivity index (χ2n) is 7.58. The fourth-order valence-electron chi connectivity index (χ4n) is 4.26. The number of rotatable bonds is 4. The summed E-state index contributed by atoms with van der Waals surface area (Å²) in [6, 6.07) is 13.9. The van der Waals surface area contributed by atoms with Crippen molar-refractivity contribution in [2.75, 3.05) is 19.6 Å². The van der Waals surface area contributed by atoms with Gasteiger partial charge in [0.25, 0.3) is 5.91 Å². The summed E-state index contributed by atoms with van der Waals surface area (Å²) in [5, 5.41) is 0. The average Bonchev–Trinajstić information content (AvgIpc) is 3.05. The number of hydrogen-bond donors (Lipinski definition) is 0. The smallest absolute Gasteiger partial charge is 0.255 e. The SMILES string of the molecule is O=C(c1cccnc1)N1CC2CCC(C1)N(C(=O)CCc1ccccc1)C2. The minimum atomic E-state index is 0.0265. The maximum absolute atomic E-state index is 12.9. The molecule has 0 aliphatic carbocycles. The third-order valence-corrected chi connectivity index (χ3v) is 5.70. The number of aromatic nitrogens is 1. The summed E-state index contributed by atoms with van der Waals surface area (Å²) in [5.74, 6) is 0.605. The molecule has 4 heterocycles. The van der Waals surface area contributed by atoms with E-state index in [1.54, 1.807) is 18.5 Å². The normalized spacial score (nSPS) is 21.8. The monoisotopic (exact) mass is 363 g/mol. The third-order valence-electron chi connectivity index (χ3n) is 5.70. The van der Waals surface area contributed by atoms with E-state index in [9.17, 15) is 9.59 Å². The molecule has 2 bridgehead atoms. The Morgan fingerprint density at radius 3 is 2.63 bits per heavy atom. The lowest BCUT2D eigenvalue weighted by Crippen LogP contribution is -2.47. The molecule has 3 fully saturated rings. The first-order chi connectivity index (χ1) is 13.2. The van der Waals surface area contributed by atoms with Gasteiger partial charge in [-0.25, -0.2) is 0 Å². The van der Waals surface area contributed by atoms with Crippen LogP contribution >= 0.6 is 0 Å². The van der Waals surface area contributed by atoms with Gasteiger partial charge in [0, 0.05) is 44.5 Å². The number of carbonyl (C=O) groups excluding carboxylic acids is 2. The molecule has 140 valence electrons. The summed E-state index contributed by atoms with van der Waals surface area (Å²) < 4.78 is 0. The Labute approximate surface area is 160 Å². The largest absolute Gasteiger partial charge is 0.338 e. The van der Waals surface area contributed by atoms with Crippen LogP contribution in [-0.4, -0.2) is 52.3 Å². The zero-order valence-electron chi connectivity index (χ0n) is 15.5. The summed E-state index contributed by atoms with van der Waals surface area (Å²) in [6.07, 6.45) is 6.67. The number of amides is 2. The van der Waals surface area contributed by atoms with Gasteiger partial charge in [0.2, 0.25) is 5.91 Å². The minimum absolute atomic E-state index is 0.0265. The van der Waals surface area contributed by atoms with E-state index in [-0.39, 0.29) is 17.9 Å². The maximum Gasteiger partial charge on any atom is 0.255 e. The van der Waals surface area contributed by atoms with Crippen molar-refractivity contribution in [3.05, 3.63) is 66.0 Å². The van der Waals surface area contributed by atoms with Gasteiger partial charge in [-0.1, -0.05) is 30.3 Å². The van der Waals surface area contributed by atoms with Crippen molar-refractivity contribution in [1.29, 1.82) is 0 Å². The predicted octanol–water partition coefficient (Wildman–Crippen LogP) is 2.78. The molecule has 1 aromatic carbocycles. The van der Waals surface area contributed by atoms with Gasteiger partial charge in [-0.05, 0) is 42.9 Å². The van der Waals surface area contributed by atoms with E-state index in [2.05, 4.69) is 17.1 Å². The van der Waals surface area contributed by atoms with Gasteiger partial charge in [-0.15, -0.1) is 0 Å². The van der Waals surface area contributed by atoms with Gasteiger partial charge in [-0.2, -0.15) is 0 Å². The lowest BCUT2D eigenvalue weighted by atomic mass is 9.94. The molecule has 1 aromatic heterocycles. The van der Waals surface area contributed by atoms with Crippen molar-refractivity contribution in [3.63, 3.8) is 0 Å². The Bertz CT molecular complexity index is 794. The van der Waals surface area contributed by atoms with Crippen LogP contribution in [0.1, 0.15) is 35.2 Å². The maximum atomic E-state index is 12.9.